The van der Waals surface area contributed by atoms with E-state index in [4.69, 9.17) is 4.74 Å². The maximum atomic E-state index is 12.1. The molecule has 0 saturated carbocycles. The molecular formula is C7H7F3NO9S3-. The van der Waals surface area contributed by atoms with Gasteiger partial charge in [0.2, 0.25) is 10.3 Å². The van der Waals surface area contributed by atoms with E-state index in [0.29, 0.717) is 0 Å². The Kier molecular flexibility index (Phi) is 3.59. The van der Waals surface area contributed by atoms with Crippen molar-refractivity contribution in [3.63, 3.8) is 0 Å². The summed E-state index contributed by atoms with van der Waals surface area (Å²) in [4.78, 5) is 0. The van der Waals surface area contributed by atoms with E-state index in [9.17, 15) is 38.4 Å². The van der Waals surface area contributed by atoms with Gasteiger partial charge in [0.1, 0.15) is 23.6 Å². The van der Waals surface area contributed by atoms with E-state index in [2.05, 4.69) is 8.37 Å². The molecule has 3 saturated heterocycles. The van der Waals surface area contributed by atoms with Crippen LogP contribution in [0.3, 0.4) is 0 Å². The monoisotopic (exact) mass is 402 g/mol. The van der Waals surface area contributed by atoms with Crippen LogP contribution in [0.15, 0.2) is 0 Å². The van der Waals surface area contributed by atoms with E-state index in [1.165, 1.54) is 0 Å². The van der Waals surface area contributed by atoms with Crippen LogP contribution in [0.1, 0.15) is 6.42 Å². The molecule has 0 aromatic rings. The van der Waals surface area contributed by atoms with Gasteiger partial charge in [0.05, 0.1) is 6.10 Å². The first kappa shape index (κ1) is 17.3. The first-order valence-corrected chi connectivity index (χ1v) is 10.1. The summed E-state index contributed by atoms with van der Waals surface area (Å²) in [5, 5.41) is -1.02. The van der Waals surface area contributed by atoms with Crippen molar-refractivity contribution >= 4 is 30.4 Å². The molecule has 3 fully saturated rings. The van der Waals surface area contributed by atoms with Crippen molar-refractivity contribution in [3.05, 3.63) is 4.13 Å². The van der Waals surface area contributed by atoms with Crippen molar-refractivity contribution in [2.75, 3.05) is 0 Å². The predicted octanol–water partition coefficient (Wildman–Crippen LogP) is -0.892. The Balaban J connectivity index is 1.79. The van der Waals surface area contributed by atoms with E-state index in [1.807, 2.05) is 0 Å². The van der Waals surface area contributed by atoms with Crippen LogP contribution in [0.25, 0.3) is 4.13 Å². The van der Waals surface area contributed by atoms with E-state index >= 15 is 0 Å². The number of hydrogen-bond acceptors (Lipinski definition) is 9. The van der Waals surface area contributed by atoms with Crippen molar-refractivity contribution in [1.29, 1.82) is 0 Å². The molecule has 3 rings (SSSR count). The van der Waals surface area contributed by atoms with Gasteiger partial charge in [0.15, 0.2) is 10.0 Å². The highest BCUT2D eigenvalue weighted by Gasteiger charge is 2.67. The SMILES string of the molecule is O=S(=O)([N-]S(=O)(=O)C(F)(F)F)OC1C2CC3C(O2)C1OS3(=O)=O. The second kappa shape index (κ2) is 4.77. The predicted molar refractivity (Wildman–Crippen MR) is 63.0 cm³/mol. The Morgan fingerprint density at radius 2 is 1.74 bits per heavy atom. The Labute approximate surface area is 128 Å². The molecule has 0 aromatic carbocycles. The first-order valence-electron chi connectivity index (χ1n) is 5.80. The Morgan fingerprint density at radius 1 is 1.13 bits per heavy atom. The minimum absolute atomic E-state index is 0.185. The minimum Gasteiger partial charge on any atom is -0.404 e. The molecular weight excluding hydrogens is 395 g/mol. The van der Waals surface area contributed by atoms with Gasteiger partial charge in [-0.25, -0.2) is 16.8 Å². The van der Waals surface area contributed by atoms with E-state index in [0.717, 1.165) is 0 Å². The third-order valence-electron chi connectivity index (χ3n) is 3.51. The number of nitrogens with zero attached hydrogens (tertiary/aromatic N) is 1. The number of rotatable bonds is 4. The summed E-state index contributed by atoms with van der Waals surface area (Å²) in [5.41, 5.74) is -5.92. The van der Waals surface area contributed by atoms with Gasteiger partial charge in [-0.1, -0.05) is 0 Å². The van der Waals surface area contributed by atoms with E-state index in [-0.39, 0.29) is 6.42 Å². The maximum Gasteiger partial charge on any atom is 0.480 e. The molecule has 23 heavy (non-hydrogen) atoms. The van der Waals surface area contributed by atoms with Gasteiger partial charge < -0.3 is 8.86 Å². The molecule has 0 radical (unpaired) electrons. The van der Waals surface area contributed by atoms with Gasteiger partial charge in [-0.15, -0.1) is 0 Å². The van der Waals surface area contributed by atoms with Gasteiger partial charge in [0.25, 0.3) is 10.1 Å². The van der Waals surface area contributed by atoms with Crippen LogP contribution in [0.4, 0.5) is 13.2 Å². The number of hydrogen-bond donors (Lipinski definition) is 0. The molecule has 3 aliphatic rings. The smallest absolute Gasteiger partial charge is 0.404 e. The standard InChI is InChI=1S/C7H7F3NO9S3/c8-7(9,10)22(14,15)11-23(16,17)20-4-2-1-3-5(18-2)6(4)19-21(3,12)13/h2-6H,1H2/q-1. The van der Waals surface area contributed by atoms with Gasteiger partial charge in [-0.2, -0.15) is 21.6 Å². The molecule has 3 aliphatic heterocycles. The third kappa shape index (κ3) is 2.75. The Morgan fingerprint density at radius 3 is 2.30 bits per heavy atom. The lowest BCUT2D eigenvalue weighted by Gasteiger charge is -2.27. The molecule has 3 heterocycles. The quantitative estimate of drug-likeness (QED) is 0.547. The molecule has 10 nitrogen and oxygen atoms in total. The fourth-order valence-corrected chi connectivity index (χ4v) is 6.26. The summed E-state index contributed by atoms with van der Waals surface area (Å²) in [5.74, 6) is 0. The highest BCUT2D eigenvalue weighted by molar-refractivity contribution is 8.10. The van der Waals surface area contributed by atoms with E-state index < -0.39 is 65.6 Å². The number of sulfonamides is 1. The molecule has 5 atom stereocenters. The average molecular weight is 402 g/mol. The van der Waals surface area contributed by atoms with Crippen LogP contribution < -0.4 is 0 Å². The molecule has 0 N–H and O–H groups in total. The Hall–Kier alpha value is -0.520. The van der Waals surface area contributed by atoms with Crippen molar-refractivity contribution in [2.45, 2.75) is 41.6 Å². The second-order valence-electron chi connectivity index (χ2n) is 4.95. The zero-order valence-corrected chi connectivity index (χ0v) is 13.0. The molecule has 2 bridgehead atoms. The zero-order valence-electron chi connectivity index (χ0n) is 10.6. The normalized spacial score (nSPS) is 39.0. The number of alkyl halides is 3. The number of fused-ring (bicyclic) bond motifs is 1. The van der Waals surface area contributed by atoms with E-state index in [1.54, 1.807) is 4.13 Å². The highest BCUT2D eigenvalue weighted by atomic mass is 32.3. The highest BCUT2D eigenvalue weighted by Crippen LogP contribution is 2.48. The average Bonchev–Trinajstić information content (AvgIpc) is 2.90. The van der Waals surface area contributed by atoms with Crippen LogP contribution >= 0.6 is 0 Å². The van der Waals surface area contributed by atoms with Crippen molar-refractivity contribution in [2.24, 2.45) is 0 Å². The van der Waals surface area contributed by atoms with Crippen molar-refractivity contribution in [3.8, 4) is 0 Å². The molecule has 0 aliphatic carbocycles. The van der Waals surface area contributed by atoms with Gasteiger partial charge in [-0.05, 0) is 6.42 Å². The van der Waals surface area contributed by atoms with Crippen LogP contribution in [0.2, 0.25) is 0 Å². The summed E-state index contributed by atoms with van der Waals surface area (Å²) in [6, 6.07) is 0. The molecule has 5 unspecified atom stereocenters. The van der Waals surface area contributed by atoms with Crippen LogP contribution in [-0.2, 0) is 43.5 Å². The number of ether oxygens (including phenoxy) is 1. The fraction of sp³-hybridized carbons (Fsp3) is 1.00. The molecule has 0 amide bonds. The van der Waals surface area contributed by atoms with Gasteiger partial charge in [-0.3, -0.25) is 8.37 Å². The summed E-state index contributed by atoms with van der Waals surface area (Å²) < 4.78 is 120. The molecule has 134 valence electrons. The summed E-state index contributed by atoms with van der Waals surface area (Å²) in [6.45, 7) is 0. The van der Waals surface area contributed by atoms with Crippen molar-refractivity contribution in [1.82, 2.24) is 0 Å². The van der Waals surface area contributed by atoms with Crippen LogP contribution in [-0.4, -0.2) is 60.4 Å². The van der Waals surface area contributed by atoms with Crippen molar-refractivity contribution < 1.29 is 51.5 Å². The molecule has 0 spiro atoms. The lowest BCUT2D eigenvalue weighted by molar-refractivity contribution is -0.0425. The topological polar surface area (TPSA) is 144 Å². The molecule has 16 heteroatoms. The summed E-state index contributed by atoms with van der Waals surface area (Å²) in [6.07, 6.45) is -5.28. The lowest BCUT2D eigenvalue weighted by Crippen LogP contribution is -2.41. The molecule has 0 aromatic heterocycles. The summed E-state index contributed by atoms with van der Waals surface area (Å²) in [7, 11) is -15.9. The Bertz CT molecular complexity index is 832. The zero-order chi connectivity index (χ0) is 17.4. The van der Waals surface area contributed by atoms with Crippen LogP contribution in [0.5, 0.6) is 0 Å². The van der Waals surface area contributed by atoms with Crippen LogP contribution in [0, 0.1) is 0 Å². The minimum atomic E-state index is -6.33. The van der Waals surface area contributed by atoms with Gasteiger partial charge >= 0.3 is 5.51 Å². The largest absolute Gasteiger partial charge is 0.480 e. The lowest BCUT2D eigenvalue weighted by atomic mass is 9.95. The summed E-state index contributed by atoms with van der Waals surface area (Å²) >= 11 is 0. The van der Waals surface area contributed by atoms with Gasteiger partial charge in [0, 0.05) is 0 Å². The third-order valence-corrected chi connectivity index (χ3v) is 7.77. The fourth-order valence-electron chi connectivity index (χ4n) is 2.66. The first-order chi connectivity index (χ1) is 10.2. The number of halogens is 3. The second-order valence-corrected chi connectivity index (χ2v) is 9.79. The maximum absolute atomic E-state index is 12.1.